The molecule has 0 saturated heterocycles. The van der Waals surface area contributed by atoms with E-state index in [1.807, 2.05) is 0 Å². The number of nitrogens with zero attached hydrogens (tertiary/aromatic N) is 1. The molecule has 6 nitrogen and oxygen atoms in total. The lowest BCUT2D eigenvalue weighted by atomic mass is 10.1. The van der Waals surface area contributed by atoms with Crippen LogP contribution in [0.3, 0.4) is 0 Å². The fraction of sp³-hybridized carbons (Fsp3) is 0.417. The zero-order valence-electron chi connectivity index (χ0n) is 10.8. The SMILES string of the molecule is COCC(CCCl)NC(=O)c1ccc(F)cc1[N+](=O)[O-]. The number of carbonyl (C=O) groups excluding carboxylic acids is 1. The second-order valence-corrected chi connectivity index (χ2v) is 4.40. The summed E-state index contributed by atoms with van der Waals surface area (Å²) < 4.78 is 17.9. The Kier molecular flexibility index (Phi) is 6.33. The third-order valence-electron chi connectivity index (χ3n) is 2.56. The van der Waals surface area contributed by atoms with Gasteiger partial charge < -0.3 is 10.1 Å². The van der Waals surface area contributed by atoms with Crippen molar-refractivity contribution in [3.63, 3.8) is 0 Å². The van der Waals surface area contributed by atoms with Gasteiger partial charge in [-0.15, -0.1) is 11.6 Å². The molecule has 1 rings (SSSR count). The van der Waals surface area contributed by atoms with Crippen LogP contribution in [0.5, 0.6) is 0 Å². The fourth-order valence-electron chi connectivity index (χ4n) is 1.64. The molecule has 0 spiro atoms. The topological polar surface area (TPSA) is 81.5 Å². The molecule has 0 aliphatic carbocycles. The number of nitro benzene ring substituents is 1. The molecule has 0 radical (unpaired) electrons. The molecule has 1 N–H and O–H groups in total. The van der Waals surface area contributed by atoms with E-state index < -0.39 is 22.3 Å². The number of methoxy groups -OCH3 is 1. The molecule has 0 fully saturated rings. The molecule has 1 atom stereocenters. The average molecular weight is 305 g/mol. The van der Waals surface area contributed by atoms with E-state index in [4.69, 9.17) is 16.3 Å². The number of hydrogen-bond acceptors (Lipinski definition) is 4. The highest BCUT2D eigenvalue weighted by Gasteiger charge is 2.22. The minimum atomic E-state index is -0.801. The lowest BCUT2D eigenvalue weighted by Gasteiger charge is -2.16. The van der Waals surface area contributed by atoms with Gasteiger partial charge in [0, 0.05) is 13.0 Å². The standard InChI is InChI=1S/C12H14ClFN2O4/c1-20-7-9(4-5-13)15-12(17)10-3-2-8(14)6-11(10)16(18)19/h2-3,6,9H,4-5,7H2,1H3,(H,15,17). The van der Waals surface area contributed by atoms with Crippen molar-refractivity contribution in [3.05, 3.63) is 39.7 Å². The highest BCUT2D eigenvalue weighted by Crippen LogP contribution is 2.19. The van der Waals surface area contributed by atoms with Crippen molar-refractivity contribution >= 4 is 23.2 Å². The smallest absolute Gasteiger partial charge is 0.285 e. The Labute approximate surface area is 120 Å². The Morgan fingerprint density at radius 1 is 1.60 bits per heavy atom. The van der Waals surface area contributed by atoms with Crippen LogP contribution in [-0.4, -0.2) is 36.5 Å². The van der Waals surface area contributed by atoms with Crippen LogP contribution < -0.4 is 5.32 Å². The monoisotopic (exact) mass is 304 g/mol. The number of hydrogen-bond donors (Lipinski definition) is 1. The highest BCUT2D eigenvalue weighted by molar-refractivity contribution is 6.17. The van der Waals surface area contributed by atoms with E-state index in [1.54, 1.807) is 0 Å². The third kappa shape index (κ3) is 4.43. The van der Waals surface area contributed by atoms with E-state index in [0.717, 1.165) is 12.1 Å². The lowest BCUT2D eigenvalue weighted by Crippen LogP contribution is -2.38. The number of carbonyl (C=O) groups is 1. The Hall–Kier alpha value is -1.73. The van der Waals surface area contributed by atoms with Crippen LogP contribution in [0.1, 0.15) is 16.8 Å². The van der Waals surface area contributed by atoms with Gasteiger partial charge in [-0.1, -0.05) is 0 Å². The molecule has 0 aliphatic rings. The number of nitro groups is 1. The third-order valence-corrected chi connectivity index (χ3v) is 2.78. The second kappa shape index (κ2) is 7.76. The zero-order chi connectivity index (χ0) is 15.1. The summed E-state index contributed by atoms with van der Waals surface area (Å²) >= 11 is 5.60. The van der Waals surface area contributed by atoms with E-state index in [1.165, 1.54) is 7.11 Å². The van der Waals surface area contributed by atoms with Gasteiger partial charge in [0.15, 0.2) is 0 Å². The van der Waals surface area contributed by atoms with Crippen molar-refractivity contribution in [1.82, 2.24) is 5.32 Å². The summed E-state index contributed by atoms with van der Waals surface area (Å²) in [6, 6.07) is 2.42. The molecule has 20 heavy (non-hydrogen) atoms. The Morgan fingerprint density at radius 3 is 2.85 bits per heavy atom. The Balaban J connectivity index is 2.93. The van der Waals surface area contributed by atoms with Gasteiger partial charge >= 0.3 is 0 Å². The van der Waals surface area contributed by atoms with Crippen molar-refractivity contribution in [3.8, 4) is 0 Å². The lowest BCUT2D eigenvalue weighted by molar-refractivity contribution is -0.385. The maximum absolute atomic E-state index is 13.0. The Bertz CT molecular complexity index is 492. The molecule has 110 valence electrons. The van der Waals surface area contributed by atoms with Gasteiger partial charge in [-0.3, -0.25) is 14.9 Å². The number of halogens is 2. The molecule has 0 heterocycles. The fourth-order valence-corrected chi connectivity index (χ4v) is 1.90. The van der Waals surface area contributed by atoms with E-state index in [2.05, 4.69) is 5.32 Å². The number of amides is 1. The van der Waals surface area contributed by atoms with Crippen molar-refractivity contribution in [2.24, 2.45) is 0 Å². The first-order valence-corrected chi connectivity index (χ1v) is 6.32. The molecule has 1 unspecified atom stereocenters. The van der Waals surface area contributed by atoms with Gasteiger partial charge in [0.2, 0.25) is 0 Å². The molecular weight excluding hydrogens is 291 g/mol. The number of nitrogens with one attached hydrogen (secondary N) is 1. The number of rotatable bonds is 7. The van der Waals surface area contributed by atoms with Crippen LogP contribution in [0.2, 0.25) is 0 Å². The van der Waals surface area contributed by atoms with E-state index >= 15 is 0 Å². The number of benzene rings is 1. The van der Waals surface area contributed by atoms with Crippen LogP contribution in [0.25, 0.3) is 0 Å². The summed E-state index contributed by atoms with van der Waals surface area (Å²) in [4.78, 5) is 22.0. The van der Waals surface area contributed by atoms with Crippen molar-refractivity contribution in [1.29, 1.82) is 0 Å². The first kappa shape index (κ1) is 16.3. The van der Waals surface area contributed by atoms with E-state index in [0.29, 0.717) is 18.4 Å². The van der Waals surface area contributed by atoms with Crippen LogP contribution in [0, 0.1) is 15.9 Å². The molecule has 1 aromatic carbocycles. The molecule has 8 heteroatoms. The van der Waals surface area contributed by atoms with Crippen LogP contribution in [-0.2, 0) is 4.74 Å². The van der Waals surface area contributed by atoms with Crippen molar-refractivity contribution < 1.29 is 18.8 Å². The Morgan fingerprint density at radius 2 is 2.30 bits per heavy atom. The summed E-state index contributed by atoms with van der Waals surface area (Å²) in [7, 11) is 1.47. The molecule has 0 aliphatic heterocycles. The summed E-state index contributed by atoms with van der Waals surface area (Å²) in [5, 5.41) is 13.4. The average Bonchev–Trinajstić information content (AvgIpc) is 2.38. The van der Waals surface area contributed by atoms with Crippen LogP contribution in [0.4, 0.5) is 10.1 Å². The summed E-state index contributed by atoms with van der Waals surface area (Å²) in [6.45, 7) is 0.230. The van der Waals surface area contributed by atoms with Gasteiger partial charge in [-0.2, -0.15) is 0 Å². The molecule has 0 saturated carbocycles. The maximum atomic E-state index is 13.0. The highest BCUT2D eigenvalue weighted by atomic mass is 35.5. The van der Waals surface area contributed by atoms with E-state index in [-0.39, 0.29) is 18.2 Å². The molecule has 0 bridgehead atoms. The molecule has 0 aromatic heterocycles. The van der Waals surface area contributed by atoms with Gasteiger partial charge in [-0.05, 0) is 18.6 Å². The van der Waals surface area contributed by atoms with Gasteiger partial charge in [-0.25, -0.2) is 4.39 Å². The summed E-state index contributed by atoms with van der Waals surface area (Å²) in [5.74, 6) is -1.13. The van der Waals surface area contributed by atoms with E-state index in [9.17, 15) is 19.3 Å². The number of ether oxygens (including phenoxy) is 1. The predicted octanol–water partition coefficient (Wildman–Crippen LogP) is 2.11. The quantitative estimate of drug-likeness (QED) is 0.475. The molecule has 1 amide bonds. The maximum Gasteiger partial charge on any atom is 0.285 e. The first-order chi connectivity index (χ1) is 9.49. The minimum absolute atomic E-state index is 0.202. The molecular formula is C12H14ClFN2O4. The predicted molar refractivity (Wildman–Crippen MR) is 71.5 cm³/mol. The van der Waals surface area contributed by atoms with Crippen LogP contribution >= 0.6 is 11.6 Å². The normalized spacial score (nSPS) is 11.9. The summed E-state index contributed by atoms with van der Waals surface area (Å²) in [5.41, 5.74) is -0.781. The van der Waals surface area contributed by atoms with Crippen molar-refractivity contribution in [2.45, 2.75) is 12.5 Å². The minimum Gasteiger partial charge on any atom is -0.383 e. The van der Waals surface area contributed by atoms with Gasteiger partial charge in [0.05, 0.1) is 23.6 Å². The van der Waals surface area contributed by atoms with Crippen molar-refractivity contribution in [2.75, 3.05) is 19.6 Å². The summed E-state index contributed by atoms with van der Waals surface area (Å²) in [6.07, 6.45) is 0.454. The zero-order valence-corrected chi connectivity index (χ0v) is 11.5. The van der Waals surface area contributed by atoms with Gasteiger partial charge in [0.1, 0.15) is 11.4 Å². The largest absolute Gasteiger partial charge is 0.383 e. The molecule has 1 aromatic rings. The first-order valence-electron chi connectivity index (χ1n) is 5.79. The number of alkyl halides is 1. The second-order valence-electron chi connectivity index (χ2n) is 4.02. The van der Waals surface area contributed by atoms with Crippen LogP contribution in [0.15, 0.2) is 18.2 Å². The van der Waals surface area contributed by atoms with Gasteiger partial charge in [0.25, 0.3) is 11.6 Å².